The first-order chi connectivity index (χ1) is 25.2. The van der Waals surface area contributed by atoms with Gasteiger partial charge in [-0.2, -0.15) is 18.3 Å². The maximum atomic E-state index is 14.2. The number of quaternary nitrogens is 1. The summed E-state index contributed by atoms with van der Waals surface area (Å²) in [6.07, 6.45) is -1.67. The Bertz CT molecular complexity index is 2220. The molecule has 1 aliphatic rings. The van der Waals surface area contributed by atoms with Gasteiger partial charge in [0.25, 0.3) is 0 Å². The van der Waals surface area contributed by atoms with Gasteiger partial charge in [0.05, 0.1) is 61.2 Å². The number of hydrogen-bond donors (Lipinski definition) is 1. The van der Waals surface area contributed by atoms with E-state index in [0.29, 0.717) is 30.5 Å². The number of nitrogens with zero attached hydrogens (tertiary/aromatic N) is 7. The van der Waals surface area contributed by atoms with E-state index >= 15 is 0 Å². The van der Waals surface area contributed by atoms with Crippen LogP contribution in [0.25, 0.3) is 27.6 Å². The first-order valence-electron chi connectivity index (χ1n) is 17.2. The maximum Gasteiger partial charge on any atom is 0.416 e. The minimum atomic E-state index is -4.67. The highest BCUT2D eigenvalue weighted by Crippen LogP contribution is 2.32. The summed E-state index contributed by atoms with van der Waals surface area (Å²) in [6, 6.07) is 21.0. The molecule has 2 amide bonds. The summed E-state index contributed by atoms with van der Waals surface area (Å²) in [5.74, 6) is -0.307. The molecule has 0 spiro atoms. The molecule has 0 unspecified atom stereocenters. The van der Waals surface area contributed by atoms with E-state index in [9.17, 15) is 27.6 Å². The number of alkyl halides is 3. The van der Waals surface area contributed by atoms with Gasteiger partial charge in [-0.05, 0) is 50.2 Å². The van der Waals surface area contributed by atoms with E-state index in [2.05, 4.69) is 41.5 Å². The van der Waals surface area contributed by atoms with Gasteiger partial charge in [0.15, 0.2) is 5.69 Å². The quantitative estimate of drug-likeness (QED) is 0.144. The SMILES string of the molecule is [C-]#[N+]c1ccc(-n2nccc2-c2c(C)n(-c3cccc(C(F)(F)F)c3)c(=O)n2C(=O)N[C@@H](C)C(=O)N2CCC([N+](C)(C)Cc3ccccc3)CC2)cc1. The number of likely N-dealkylation sites (tertiary alicyclic amines) is 1. The molecule has 0 bridgehead atoms. The fraction of sp³-hybridized carbons (Fsp3) is 0.308. The molecule has 2 aromatic heterocycles. The number of carbonyl (C=O) groups is 2. The van der Waals surface area contributed by atoms with Crippen molar-refractivity contribution in [2.75, 3.05) is 27.2 Å². The second kappa shape index (κ2) is 14.6. The number of imidazole rings is 1. The number of benzene rings is 3. The fourth-order valence-corrected chi connectivity index (χ4v) is 7.13. The lowest BCUT2D eigenvalue weighted by atomic mass is 10.00. The molecule has 1 fully saturated rings. The number of halogens is 3. The maximum absolute atomic E-state index is 14.2. The van der Waals surface area contributed by atoms with Gasteiger partial charge in [0.1, 0.15) is 18.3 Å². The molecule has 1 saturated heterocycles. The van der Waals surface area contributed by atoms with Crippen molar-refractivity contribution in [3.63, 3.8) is 0 Å². The number of hydrogen-bond acceptors (Lipinski definition) is 4. The van der Waals surface area contributed by atoms with Gasteiger partial charge in [0.2, 0.25) is 5.91 Å². The van der Waals surface area contributed by atoms with Crippen molar-refractivity contribution in [1.29, 1.82) is 0 Å². The molecule has 0 aliphatic carbocycles. The van der Waals surface area contributed by atoms with E-state index in [1.165, 1.54) is 35.5 Å². The lowest BCUT2D eigenvalue weighted by molar-refractivity contribution is -0.929. The molecule has 274 valence electrons. The summed E-state index contributed by atoms with van der Waals surface area (Å²) in [6.45, 7) is 12.2. The van der Waals surface area contributed by atoms with Crippen LogP contribution in [0.4, 0.5) is 23.7 Å². The van der Waals surface area contributed by atoms with Gasteiger partial charge >= 0.3 is 17.9 Å². The van der Waals surface area contributed by atoms with Gasteiger partial charge in [-0.25, -0.2) is 23.7 Å². The highest BCUT2D eigenvalue weighted by atomic mass is 19.4. The summed E-state index contributed by atoms with van der Waals surface area (Å²) < 4.78 is 45.3. The summed E-state index contributed by atoms with van der Waals surface area (Å²) in [5.41, 5.74) is 0.678. The average Bonchev–Trinajstić information content (AvgIpc) is 3.72. The highest BCUT2D eigenvalue weighted by molar-refractivity contribution is 5.89. The van der Waals surface area contributed by atoms with Gasteiger partial charge in [0, 0.05) is 31.5 Å². The molecule has 11 nitrogen and oxygen atoms in total. The Morgan fingerprint density at radius 1 is 0.981 bits per heavy atom. The van der Waals surface area contributed by atoms with Crippen molar-refractivity contribution in [2.24, 2.45) is 0 Å². The first kappa shape index (κ1) is 36.8. The number of rotatable bonds is 8. The second-order valence-corrected chi connectivity index (χ2v) is 13.8. The fourth-order valence-electron chi connectivity index (χ4n) is 7.13. The zero-order valence-corrected chi connectivity index (χ0v) is 29.8. The summed E-state index contributed by atoms with van der Waals surface area (Å²) >= 11 is 0. The Balaban J connectivity index is 1.29. The predicted molar refractivity (Wildman–Crippen MR) is 194 cm³/mol. The van der Waals surface area contributed by atoms with Crippen molar-refractivity contribution in [1.82, 2.24) is 29.1 Å². The molecular weight excluding hydrogens is 685 g/mol. The highest BCUT2D eigenvalue weighted by Gasteiger charge is 2.36. The van der Waals surface area contributed by atoms with Crippen LogP contribution in [-0.2, 0) is 17.5 Å². The third-order valence-corrected chi connectivity index (χ3v) is 9.94. The van der Waals surface area contributed by atoms with Gasteiger partial charge in [-0.1, -0.05) is 48.5 Å². The normalized spacial score (nSPS) is 14.5. The lowest BCUT2D eigenvalue weighted by Gasteiger charge is -2.43. The molecule has 14 heteroatoms. The first-order valence-corrected chi connectivity index (χ1v) is 17.2. The Hall–Kier alpha value is -5.94. The number of aromatic nitrogens is 4. The van der Waals surface area contributed by atoms with Gasteiger partial charge < -0.3 is 14.7 Å². The second-order valence-electron chi connectivity index (χ2n) is 13.8. The smallest absolute Gasteiger partial charge is 0.340 e. The minimum absolute atomic E-state index is 0.0653. The molecule has 3 heterocycles. The van der Waals surface area contributed by atoms with Crippen LogP contribution in [0.2, 0.25) is 0 Å². The third kappa shape index (κ3) is 7.52. The number of amides is 2. The monoisotopic (exact) mass is 725 g/mol. The van der Waals surface area contributed by atoms with Crippen molar-refractivity contribution in [3.8, 4) is 22.8 Å². The summed E-state index contributed by atoms with van der Waals surface area (Å²) in [5, 5.41) is 7.07. The summed E-state index contributed by atoms with van der Waals surface area (Å²) in [4.78, 5) is 47.1. The van der Waals surface area contributed by atoms with Crippen LogP contribution in [0, 0.1) is 13.5 Å². The van der Waals surface area contributed by atoms with E-state index in [0.717, 1.165) is 45.1 Å². The van der Waals surface area contributed by atoms with Crippen molar-refractivity contribution < 1.29 is 27.2 Å². The molecule has 1 atom stereocenters. The largest absolute Gasteiger partial charge is 0.416 e. The van der Waals surface area contributed by atoms with Gasteiger partial charge in [-0.15, -0.1) is 0 Å². The molecule has 0 saturated carbocycles. The molecule has 5 aromatic rings. The zero-order valence-electron chi connectivity index (χ0n) is 29.8. The van der Waals surface area contributed by atoms with Crippen LogP contribution < -0.4 is 11.0 Å². The lowest BCUT2D eigenvalue weighted by Crippen LogP contribution is -2.56. The van der Waals surface area contributed by atoms with E-state index < -0.39 is 29.5 Å². The van der Waals surface area contributed by atoms with Crippen LogP contribution in [0.1, 0.15) is 36.6 Å². The van der Waals surface area contributed by atoms with Crippen LogP contribution in [0.15, 0.2) is 95.9 Å². The Labute approximate surface area is 304 Å². The van der Waals surface area contributed by atoms with Crippen molar-refractivity contribution in [3.05, 3.63) is 130 Å². The van der Waals surface area contributed by atoms with E-state index in [1.54, 1.807) is 42.2 Å². The third-order valence-electron chi connectivity index (χ3n) is 9.94. The Morgan fingerprint density at radius 3 is 2.30 bits per heavy atom. The topological polar surface area (TPSA) is 98.5 Å². The van der Waals surface area contributed by atoms with E-state index in [1.807, 2.05) is 18.2 Å². The molecule has 1 N–H and O–H groups in total. The van der Waals surface area contributed by atoms with Crippen molar-refractivity contribution in [2.45, 2.75) is 51.5 Å². The minimum Gasteiger partial charge on any atom is -0.340 e. The van der Waals surface area contributed by atoms with E-state index in [-0.39, 0.29) is 28.7 Å². The molecule has 0 radical (unpaired) electrons. The van der Waals surface area contributed by atoms with Crippen LogP contribution in [0.5, 0.6) is 0 Å². The Morgan fingerprint density at radius 2 is 1.66 bits per heavy atom. The molecule has 1 aliphatic heterocycles. The molecule has 53 heavy (non-hydrogen) atoms. The summed E-state index contributed by atoms with van der Waals surface area (Å²) in [7, 11) is 4.38. The zero-order chi connectivity index (χ0) is 38.1. The van der Waals surface area contributed by atoms with Crippen molar-refractivity contribution >= 4 is 17.6 Å². The standard InChI is InChI=1S/C39H39F3N8O3/c1-26(36(51)46-22-19-33(20-23-46)50(4,5)25-28-10-7-6-8-11-28)45-37(52)48-35(34-18-21-44-49(34)31-16-14-30(43-3)15-17-31)27(2)47(38(48)53)32-13-9-12-29(24-32)39(40,41)42/h6-18,21,24,26,33H,19-20,22-23,25H2,1-2,4-5H3/p+1/t26-/m0/s1. The molecule has 3 aromatic carbocycles. The molecular formula is C39H40F3N8O3+. The van der Waals surface area contributed by atoms with Gasteiger partial charge in [-0.3, -0.25) is 9.36 Å². The average molecular weight is 726 g/mol. The predicted octanol–water partition coefficient (Wildman–Crippen LogP) is 6.58. The van der Waals surface area contributed by atoms with Crippen LogP contribution in [0.3, 0.4) is 0 Å². The Kier molecular flexibility index (Phi) is 10.1. The number of piperidine rings is 1. The van der Waals surface area contributed by atoms with Crippen LogP contribution in [-0.4, -0.2) is 79.5 Å². The number of carbonyl (C=O) groups excluding carboxylic acids is 2. The van der Waals surface area contributed by atoms with Crippen LogP contribution >= 0.6 is 0 Å². The molecule has 6 rings (SSSR count). The number of nitrogens with one attached hydrogen (secondary N) is 1. The van der Waals surface area contributed by atoms with E-state index in [4.69, 9.17) is 6.57 Å².